The molecule has 1 heterocycles. The Morgan fingerprint density at radius 3 is 2.62 bits per heavy atom. The number of carbonyl (C=O) groups is 2. The number of nitrogens with zero attached hydrogens (tertiary/aromatic N) is 1. The Kier molecular flexibility index (Phi) is 5.88. The lowest BCUT2D eigenvalue weighted by atomic mass is 10.1. The fraction of sp³-hybridized carbons (Fsp3) is 0.250. The van der Waals surface area contributed by atoms with Crippen LogP contribution < -0.4 is 10.6 Å². The van der Waals surface area contributed by atoms with Crippen molar-refractivity contribution in [3.8, 4) is 0 Å². The second kappa shape index (κ2) is 8.20. The number of aromatic nitrogens is 1. The average molecular weight is 421 g/mol. The molecule has 0 unspecified atom stereocenters. The van der Waals surface area contributed by atoms with Gasteiger partial charge in [-0.25, -0.2) is 4.98 Å². The summed E-state index contributed by atoms with van der Waals surface area (Å²) in [5.74, 6) is -0.610. The van der Waals surface area contributed by atoms with Crippen LogP contribution in [0.5, 0.6) is 0 Å². The predicted octanol–water partition coefficient (Wildman–Crippen LogP) is 4.55. The SMILES string of the molecule is CNC(=O)c1c(C)cccc1NC(=O)CCc1nc2cc(C(F)(F)F)ccc2s1. The minimum atomic E-state index is -4.42. The number of thiazole rings is 1. The number of benzene rings is 2. The highest BCUT2D eigenvalue weighted by Crippen LogP contribution is 2.33. The molecule has 0 saturated carbocycles. The molecule has 29 heavy (non-hydrogen) atoms. The second-order valence-electron chi connectivity index (χ2n) is 6.41. The summed E-state index contributed by atoms with van der Waals surface area (Å²) in [6.07, 6.45) is -4.05. The zero-order valence-electron chi connectivity index (χ0n) is 15.7. The van der Waals surface area contributed by atoms with Crippen LogP contribution in [0.4, 0.5) is 18.9 Å². The lowest BCUT2D eigenvalue weighted by Crippen LogP contribution is -2.22. The Bertz CT molecular complexity index is 1080. The van der Waals surface area contributed by atoms with Crippen molar-refractivity contribution in [3.05, 3.63) is 58.1 Å². The first-order valence-corrected chi connectivity index (χ1v) is 9.59. The highest BCUT2D eigenvalue weighted by molar-refractivity contribution is 7.18. The summed E-state index contributed by atoms with van der Waals surface area (Å²) in [5, 5.41) is 5.85. The number of alkyl halides is 3. The number of fused-ring (bicyclic) bond motifs is 1. The molecule has 0 saturated heterocycles. The molecule has 152 valence electrons. The summed E-state index contributed by atoms with van der Waals surface area (Å²) in [6.45, 7) is 1.77. The Hall–Kier alpha value is -2.94. The molecular formula is C20H18F3N3O2S. The first-order chi connectivity index (χ1) is 13.7. The minimum absolute atomic E-state index is 0.0904. The Morgan fingerprint density at radius 2 is 1.93 bits per heavy atom. The summed E-state index contributed by atoms with van der Waals surface area (Å²) >= 11 is 1.26. The molecule has 9 heteroatoms. The summed E-state index contributed by atoms with van der Waals surface area (Å²) < 4.78 is 39.1. The van der Waals surface area contributed by atoms with Gasteiger partial charge in [-0.15, -0.1) is 11.3 Å². The van der Waals surface area contributed by atoms with Crippen LogP contribution in [0.1, 0.15) is 32.9 Å². The summed E-state index contributed by atoms with van der Waals surface area (Å²) in [5.41, 5.74) is 1.05. The first kappa shape index (κ1) is 20.8. The number of aryl methyl sites for hydroxylation is 2. The molecule has 0 aliphatic heterocycles. The van der Waals surface area contributed by atoms with Gasteiger partial charge in [0.1, 0.15) is 0 Å². The van der Waals surface area contributed by atoms with Crippen LogP contribution in [-0.4, -0.2) is 23.8 Å². The maximum atomic E-state index is 12.8. The van der Waals surface area contributed by atoms with Gasteiger partial charge in [-0.2, -0.15) is 13.2 Å². The zero-order valence-corrected chi connectivity index (χ0v) is 16.5. The third-order valence-corrected chi connectivity index (χ3v) is 5.42. The van der Waals surface area contributed by atoms with Crippen molar-refractivity contribution in [2.24, 2.45) is 0 Å². The average Bonchev–Trinajstić information content (AvgIpc) is 3.07. The molecule has 0 aliphatic carbocycles. The smallest absolute Gasteiger partial charge is 0.355 e. The van der Waals surface area contributed by atoms with Crippen molar-refractivity contribution in [1.82, 2.24) is 10.3 Å². The van der Waals surface area contributed by atoms with Crippen molar-refractivity contribution >= 4 is 39.1 Å². The zero-order chi connectivity index (χ0) is 21.2. The van der Waals surface area contributed by atoms with Gasteiger partial charge in [0.25, 0.3) is 5.91 Å². The van der Waals surface area contributed by atoms with Crippen LogP contribution >= 0.6 is 11.3 Å². The van der Waals surface area contributed by atoms with Crippen LogP contribution in [0.15, 0.2) is 36.4 Å². The number of amides is 2. The maximum Gasteiger partial charge on any atom is 0.416 e. The van der Waals surface area contributed by atoms with Gasteiger partial charge in [-0.05, 0) is 36.8 Å². The third-order valence-electron chi connectivity index (χ3n) is 4.33. The minimum Gasteiger partial charge on any atom is -0.355 e. The van der Waals surface area contributed by atoms with E-state index in [-0.39, 0.29) is 30.2 Å². The molecule has 2 N–H and O–H groups in total. The fourth-order valence-electron chi connectivity index (χ4n) is 2.89. The van der Waals surface area contributed by atoms with Crippen molar-refractivity contribution < 1.29 is 22.8 Å². The van der Waals surface area contributed by atoms with Gasteiger partial charge in [0, 0.05) is 19.9 Å². The fourth-order valence-corrected chi connectivity index (χ4v) is 3.84. The quantitative estimate of drug-likeness (QED) is 0.635. The van der Waals surface area contributed by atoms with Crippen molar-refractivity contribution in [2.75, 3.05) is 12.4 Å². The van der Waals surface area contributed by atoms with Crippen molar-refractivity contribution in [3.63, 3.8) is 0 Å². The van der Waals surface area contributed by atoms with Crippen molar-refractivity contribution in [1.29, 1.82) is 0 Å². The van der Waals surface area contributed by atoms with Gasteiger partial charge in [0.2, 0.25) is 5.91 Å². The molecule has 3 aromatic rings. The highest BCUT2D eigenvalue weighted by atomic mass is 32.1. The highest BCUT2D eigenvalue weighted by Gasteiger charge is 2.30. The molecule has 0 atom stereocenters. The lowest BCUT2D eigenvalue weighted by molar-refractivity contribution is -0.137. The largest absolute Gasteiger partial charge is 0.416 e. The summed E-state index contributed by atoms with van der Waals surface area (Å²) in [4.78, 5) is 28.6. The molecule has 0 bridgehead atoms. The van der Waals surface area contributed by atoms with Gasteiger partial charge < -0.3 is 10.6 Å². The van der Waals surface area contributed by atoms with E-state index in [0.717, 1.165) is 17.7 Å². The van der Waals surface area contributed by atoms with Gasteiger partial charge in [0.05, 0.1) is 32.0 Å². The summed E-state index contributed by atoms with van der Waals surface area (Å²) in [7, 11) is 1.51. The van der Waals surface area contributed by atoms with E-state index in [1.807, 2.05) is 0 Å². The van der Waals surface area contributed by atoms with Crippen LogP contribution in [-0.2, 0) is 17.4 Å². The van der Waals surface area contributed by atoms with E-state index >= 15 is 0 Å². The Morgan fingerprint density at radius 1 is 1.17 bits per heavy atom. The molecule has 2 amide bonds. The Labute approximate surface area is 169 Å². The number of halogens is 3. The molecule has 0 radical (unpaired) electrons. The molecule has 2 aromatic carbocycles. The predicted molar refractivity (Wildman–Crippen MR) is 106 cm³/mol. The van der Waals surface area contributed by atoms with Crippen LogP contribution in [0, 0.1) is 6.92 Å². The van der Waals surface area contributed by atoms with E-state index in [4.69, 9.17) is 0 Å². The van der Waals surface area contributed by atoms with E-state index in [0.29, 0.717) is 21.0 Å². The first-order valence-electron chi connectivity index (χ1n) is 8.77. The van der Waals surface area contributed by atoms with Gasteiger partial charge >= 0.3 is 6.18 Å². The second-order valence-corrected chi connectivity index (χ2v) is 7.53. The molecular weight excluding hydrogens is 403 g/mol. The molecule has 0 aliphatic rings. The number of nitrogens with one attached hydrogen (secondary N) is 2. The molecule has 0 fully saturated rings. The lowest BCUT2D eigenvalue weighted by Gasteiger charge is -2.12. The topological polar surface area (TPSA) is 71.1 Å². The normalized spacial score (nSPS) is 11.5. The van der Waals surface area contributed by atoms with Gasteiger partial charge in [-0.1, -0.05) is 12.1 Å². The Balaban J connectivity index is 1.70. The third kappa shape index (κ3) is 4.73. The van der Waals surface area contributed by atoms with Crippen LogP contribution in [0.25, 0.3) is 10.2 Å². The van der Waals surface area contributed by atoms with E-state index in [2.05, 4.69) is 15.6 Å². The standard InChI is InChI=1S/C20H18F3N3O2S/c1-11-4-3-5-13(18(11)19(28)24-2)25-16(27)8-9-17-26-14-10-12(20(21,22)23)6-7-15(14)29-17/h3-7,10H,8-9H2,1-2H3,(H,24,28)(H,25,27). The van der Waals surface area contributed by atoms with Crippen LogP contribution in [0.3, 0.4) is 0 Å². The van der Waals surface area contributed by atoms with Crippen LogP contribution in [0.2, 0.25) is 0 Å². The van der Waals surface area contributed by atoms with E-state index in [1.165, 1.54) is 24.5 Å². The van der Waals surface area contributed by atoms with E-state index in [1.54, 1.807) is 25.1 Å². The molecule has 5 nitrogen and oxygen atoms in total. The van der Waals surface area contributed by atoms with Gasteiger partial charge in [-0.3, -0.25) is 9.59 Å². The number of rotatable bonds is 5. The number of carbonyl (C=O) groups excluding carboxylic acids is 2. The molecule has 0 spiro atoms. The van der Waals surface area contributed by atoms with E-state index < -0.39 is 11.7 Å². The number of hydrogen-bond donors (Lipinski definition) is 2. The van der Waals surface area contributed by atoms with Crippen molar-refractivity contribution in [2.45, 2.75) is 25.9 Å². The summed E-state index contributed by atoms with van der Waals surface area (Å²) in [6, 6.07) is 8.58. The maximum absolute atomic E-state index is 12.8. The van der Waals surface area contributed by atoms with Gasteiger partial charge in [0.15, 0.2) is 0 Å². The monoisotopic (exact) mass is 421 g/mol. The molecule has 3 rings (SSSR count). The van der Waals surface area contributed by atoms with E-state index in [9.17, 15) is 22.8 Å². The number of anilines is 1. The molecule has 1 aromatic heterocycles. The number of hydrogen-bond acceptors (Lipinski definition) is 4.